The molecule has 0 saturated heterocycles. The van der Waals surface area contributed by atoms with Gasteiger partial charge >= 0.3 is 7.12 Å². The van der Waals surface area contributed by atoms with Crippen LogP contribution in [0.4, 0.5) is 0 Å². The van der Waals surface area contributed by atoms with Gasteiger partial charge in [0.2, 0.25) is 0 Å². The summed E-state index contributed by atoms with van der Waals surface area (Å²) in [4.78, 5) is 0. The van der Waals surface area contributed by atoms with E-state index in [0.29, 0.717) is 11.2 Å². The van der Waals surface area contributed by atoms with Crippen molar-refractivity contribution in [3.05, 3.63) is 29.8 Å². The van der Waals surface area contributed by atoms with Crippen molar-refractivity contribution < 1.29 is 15.3 Å². The van der Waals surface area contributed by atoms with Crippen LogP contribution >= 0.6 is 0 Å². The average Bonchev–Trinajstić information content (AvgIpc) is 2.17. The van der Waals surface area contributed by atoms with Crippen LogP contribution in [0, 0.1) is 0 Å². The lowest BCUT2D eigenvalue weighted by Gasteiger charge is -2.01. The van der Waals surface area contributed by atoms with Crippen LogP contribution in [-0.2, 0) is 0 Å². The summed E-state index contributed by atoms with van der Waals surface area (Å²) in [6, 6.07) is 6.44. The second-order valence-electron chi connectivity index (χ2n) is 2.68. The maximum absolute atomic E-state index is 8.79. The topological polar surface area (TPSA) is 73.1 Å². The molecule has 0 aliphatic rings. The lowest BCUT2D eigenvalue weighted by atomic mass is 9.80. The molecule has 0 bridgehead atoms. The van der Waals surface area contributed by atoms with E-state index in [1.165, 1.54) is 0 Å². The van der Waals surface area contributed by atoms with Crippen LogP contribution in [0.2, 0.25) is 0 Å². The Bertz CT molecular complexity index is 308. The average molecular weight is 179 g/mol. The quantitative estimate of drug-likeness (QED) is 0.249. The molecular formula is C8H10BNO3. The Balaban J connectivity index is 2.94. The van der Waals surface area contributed by atoms with Gasteiger partial charge in [0.25, 0.3) is 0 Å². The molecule has 1 aromatic carbocycles. The molecule has 0 radical (unpaired) electrons. The molecule has 0 fully saturated rings. The zero-order valence-electron chi connectivity index (χ0n) is 7.18. The first-order valence-electron chi connectivity index (χ1n) is 3.80. The summed E-state index contributed by atoms with van der Waals surface area (Å²) in [5.74, 6) is 0. The predicted octanol–water partition coefficient (Wildman–Crippen LogP) is -0.435. The van der Waals surface area contributed by atoms with Crippen molar-refractivity contribution in [2.45, 2.75) is 6.92 Å². The second kappa shape index (κ2) is 4.07. The van der Waals surface area contributed by atoms with E-state index in [4.69, 9.17) is 15.3 Å². The van der Waals surface area contributed by atoms with Gasteiger partial charge in [0.05, 0.1) is 5.71 Å². The summed E-state index contributed by atoms with van der Waals surface area (Å²) in [6.45, 7) is 1.66. The number of hydrogen-bond acceptors (Lipinski definition) is 4. The van der Waals surface area contributed by atoms with Gasteiger partial charge in [-0.3, -0.25) is 0 Å². The summed E-state index contributed by atoms with van der Waals surface area (Å²) in [5.41, 5.74) is 1.64. The van der Waals surface area contributed by atoms with Crippen LogP contribution in [0.5, 0.6) is 0 Å². The van der Waals surface area contributed by atoms with Crippen molar-refractivity contribution in [1.82, 2.24) is 0 Å². The maximum Gasteiger partial charge on any atom is 0.488 e. The molecule has 0 saturated carbocycles. The molecule has 1 aromatic rings. The van der Waals surface area contributed by atoms with Gasteiger partial charge in [-0.1, -0.05) is 29.4 Å². The van der Waals surface area contributed by atoms with Crippen molar-refractivity contribution in [3.8, 4) is 0 Å². The van der Waals surface area contributed by atoms with Gasteiger partial charge in [-0.25, -0.2) is 0 Å². The molecule has 0 aliphatic heterocycles. The van der Waals surface area contributed by atoms with Gasteiger partial charge in [0.1, 0.15) is 0 Å². The minimum absolute atomic E-state index is 0.412. The SMILES string of the molecule is CC(=NO)c1ccc(B(O)O)cc1. The molecule has 0 aromatic heterocycles. The molecule has 0 spiro atoms. The fourth-order valence-corrected chi connectivity index (χ4v) is 0.954. The molecule has 5 heteroatoms. The van der Waals surface area contributed by atoms with Crippen LogP contribution < -0.4 is 5.46 Å². The first-order chi connectivity index (χ1) is 6.15. The van der Waals surface area contributed by atoms with E-state index in [1.54, 1.807) is 31.2 Å². The molecule has 1 rings (SSSR count). The molecule has 4 nitrogen and oxygen atoms in total. The lowest BCUT2D eigenvalue weighted by molar-refractivity contribution is 0.319. The number of benzene rings is 1. The Hall–Kier alpha value is -1.33. The molecule has 0 aliphatic carbocycles. The largest absolute Gasteiger partial charge is 0.488 e. The highest BCUT2D eigenvalue weighted by atomic mass is 16.4. The summed E-state index contributed by atoms with van der Waals surface area (Å²) < 4.78 is 0. The standard InChI is InChI=1S/C8H10BNO3/c1-6(10-13)7-2-4-8(5-3-7)9(11)12/h2-5,11-13H,1H3. The van der Waals surface area contributed by atoms with E-state index in [-0.39, 0.29) is 0 Å². The van der Waals surface area contributed by atoms with Crippen LogP contribution in [0.25, 0.3) is 0 Å². The maximum atomic E-state index is 8.79. The molecule has 13 heavy (non-hydrogen) atoms. The van der Waals surface area contributed by atoms with Gasteiger partial charge < -0.3 is 15.3 Å². The van der Waals surface area contributed by atoms with Gasteiger partial charge in [-0.2, -0.15) is 0 Å². The van der Waals surface area contributed by atoms with E-state index in [2.05, 4.69) is 5.16 Å². The molecule has 0 amide bonds. The number of oxime groups is 1. The molecule has 0 heterocycles. The highest BCUT2D eigenvalue weighted by Gasteiger charge is 2.09. The Morgan fingerprint density at radius 1 is 1.23 bits per heavy atom. The normalized spacial score (nSPS) is 11.5. The van der Waals surface area contributed by atoms with Crippen molar-refractivity contribution in [2.75, 3.05) is 0 Å². The molecule has 68 valence electrons. The fraction of sp³-hybridized carbons (Fsp3) is 0.125. The Kier molecular flexibility index (Phi) is 3.05. The van der Waals surface area contributed by atoms with Gasteiger partial charge in [-0.05, 0) is 17.9 Å². The summed E-state index contributed by atoms with van der Waals surface area (Å²) in [7, 11) is -1.46. The summed E-state index contributed by atoms with van der Waals surface area (Å²) in [6.07, 6.45) is 0. The van der Waals surface area contributed by atoms with Crippen molar-refractivity contribution >= 4 is 18.3 Å². The smallest absolute Gasteiger partial charge is 0.423 e. The predicted molar refractivity (Wildman–Crippen MR) is 50.3 cm³/mol. The fourth-order valence-electron chi connectivity index (χ4n) is 0.954. The number of hydrogen-bond donors (Lipinski definition) is 3. The van der Waals surface area contributed by atoms with Crippen molar-refractivity contribution in [1.29, 1.82) is 0 Å². The van der Waals surface area contributed by atoms with Crippen LogP contribution in [0.1, 0.15) is 12.5 Å². The van der Waals surface area contributed by atoms with Gasteiger partial charge in [0.15, 0.2) is 0 Å². The third-order valence-corrected chi connectivity index (χ3v) is 1.78. The first-order valence-corrected chi connectivity index (χ1v) is 3.80. The summed E-state index contributed by atoms with van der Waals surface area (Å²) >= 11 is 0. The van der Waals surface area contributed by atoms with Crippen LogP contribution in [0.3, 0.4) is 0 Å². The van der Waals surface area contributed by atoms with Crippen LogP contribution in [0.15, 0.2) is 29.4 Å². The number of nitrogens with zero attached hydrogens (tertiary/aromatic N) is 1. The lowest BCUT2D eigenvalue weighted by Crippen LogP contribution is -2.29. The molecule has 0 unspecified atom stereocenters. The third-order valence-electron chi connectivity index (χ3n) is 1.78. The molecule has 0 atom stereocenters. The molecular weight excluding hydrogens is 169 g/mol. The monoisotopic (exact) mass is 179 g/mol. The highest BCUT2D eigenvalue weighted by Crippen LogP contribution is 1.99. The van der Waals surface area contributed by atoms with E-state index in [0.717, 1.165) is 5.56 Å². The summed E-state index contributed by atoms with van der Waals surface area (Å²) in [5, 5.41) is 29.1. The van der Waals surface area contributed by atoms with E-state index < -0.39 is 7.12 Å². The van der Waals surface area contributed by atoms with E-state index >= 15 is 0 Å². The number of rotatable bonds is 2. The van der Waals surface area contributed by atoms with E-state index in [1.807, 2.05) is 0 Å². The first kappa shape index (κ1) is 9.76. The Morgan fingerprint density at radius 3 is 2.15 bits per heavy atom. The Labute approximate surface area is 76.3 Å². The minimum atomic E-state index is -1.46. The van der Waals surface area contributed by atoms with Crippen molar-refractivity contribution in [3.63, 3.8) is 0 Å². The second-order valence-corrected chi connectivity index (χ2v) is 2.68. The molecule has 3 N–H and O–H groups in total. The van der Waals surface area contributed by atoms with Crippen LogP contribution in [-0.4, -0.2) is 28.1 Å². The van der Waals surface area contributed by atoms with Crippen molar-refractivity contribution in [2.24, 2.45) is 5.16 Å². The highest BCUT2D eigenvalue weighted by molar-refractivity contribution is 6.58. The van der Waals surface area contributed by atoms with Gasteiger partial charge in [0, 0.05) is 0 Å². The zero-order valence-corrected chi connectivity index (χ0v) is 7.18. The zero-order chi connectivity index (χ0) is 9.84. The third kappa shape index (κ3) is 2.30. The Morgan fingerprint density at radius 2 is 1.77 bits per heavy atom. The van der Waals surface area contributed by atoms with E-state index in [9.17, 15) is 0 Å². The minimum Gasteiger partial charge on any atom is -0.423 e. The van der Waals surface area contributed by atoms with Gasteiger partial charge in [-0.15, -0.1) is 0 Å².